The summed E-state index contributed by atoms with van der Waals surface area (Å²) >= 11 is 0. The van der Waals surface area contributed by atoms with E-state index in [1.807, 2.05) is 0 Å². The Kier molecular flexibility index (Phi) is 4.03. The van der Waals surface area contributed by atoms with Gasteiger partial charge in [0.25, 0.3) is 0 Å². The van der Waals surface area contributed by atoms with E-state index < -0.39 is 0 Å². The number of piperidine rings is 1. The van der Waals surface area contributed by atoms with Gasteiger partial charge in [0.05, 0.1) is 0 Å². The Morgan fingerprint density at radius 2 is 2.12 bits per heavy atom. The largest absolute Gasteiger partial charge is 0.339 e. The van der Waals surface area contributed by atoms with E-state index in [0.717, 1.165) is 32.2 Å². The van der Waals surface area contributed by atoms with Crippen molar-refractivity contribution in [3.8, 4) is 0 Å². The number of carbonyl (C=O) groups is 1. The maximum absolute atomic E-state index is 12.1. The van der Waals surface area contributed by atoms with E-state index >= 15 is 0 Å². The lowest BCUT2D eigenvalue weighted by Gasteiger charge is -2.36. The fraction of sp³-hybridized carbons (Fsp3) is 0.786. The van der Waals surface area contributed by atoms with Gasteiger partial charge >= 0.3 is 0 Å². The van der Waals surface area contributed by atoms with Crippen molar-refractivity contribution in [2.24, 2.45) is 0 Å². The minimum absolute atomic E-state index is 0.402. The zero-order valence-electron chi connectivity index (χ0n) is 10.4. The summed E-state index contributed by atoms with van der Waals surface area (Å²) in [6.07, 6.45) is 11.3. The minimum atomic E-state index is 0.402. The molecule has 0 aromatic heterocycles. The van der Waals surface area contributed by atoms with Gasteiger partial charge in [-0.3, -0.25) is 4.79 Å². The molecule has 0 aromatic carbocycles. The number of allylic oxidation sites excluding steroid dienone is 1. The quantitative estimate of drug-likeness (QED) is 0.575. The molecular weight excluding hydrogens is 198 g/mol. The molecule has 0 aliphatic carbocycles. The molecule has 1 amide bonds. The van der Waals surface area contributed by atoms with Gasteiger partial charge in [0.15, 0.2) is 0 Å². The summed E-state index contributed by atoms with van der Waals surface area (Å²) in [5, 5.41) is 0. The van der Waals surface area contributed by atoms with Gasteiger partial charge in [-0.25, -0.2) is 0 Å². The molecule has 2 aliphatic heterocycles. The van der Waals surface area contributed by atoms with Crippen LogP contribution in [-0.2, 0) is 4.79 Å². The second-order valence-corrected chi connectivity index (χ2v) is 5.24. The Balaban J connectivity index is 2.10. The third-order valence-corrected chi connectivity index (χ3v) is 3.84. The first kappa shape index (κ1) is 11.7. The van der Waals surface area contributed by atoms with Crippen LogP contribution in [0.2, 0.25) is 0 Å². The summed E-state index contributed by atoms with van der Waals surface area (Å²) in [5.74, 6) is 0.402. The molecule has 0 spiro atoms. The van der Waals surface area contributed by atoms with E-state index in [1.54, 1.807) is 0 Å². The predicted octanol–water partition coefficient (Wildman–Crippen LogP) is 3.28. The molecule has 0 N–H and O–H groups in total. The van der Waals surface area contributed by atoms with Crippen molar-refractivity contribution in [2.45, 2.75) is 64.3 Å². The summed E-state index contributed by atoms with van der Waals surface area (Å²) in [4.78, 5) is 14.2. The molecule has 2 nitrogen and oxygen atoms in total. The summed E-state index contributed by atoms with van der Waals surface area (Å²) in [6, 6.07) is 0.496. The van der Waals surface area contributed by atoms with Crippen molar-refractivity contribution in [3.05, 3.63) is 11.6 Å². The molecule has 1 fully saturated rings. The summed E-state index contributed by atoms with van der Waals surface area (Å²) in [6.45, 7) is 3.22. The van der Waals surface area contributed by atoms with Gasteiger partial charge in [0, 0.05) is 19.0 Å². The Hall–Kier alpha value is -0.790. The van der Waals surface area contributed by atoms with Crippen molar-refractivity contribution >= 4 is 5.91 Å². The maximum atomic E-state index is 12.1. The van der Waals surface area contributed by atoms with Crippen LogP contribution in [0, 0.1) is 0 Å². The number of nitrogens with zero attached hydrogens (tertiary/aromatic N) is 1. The number of hydrogen-bond acceptors (Lipinski definition) is 1. The van der Waals surface area contributed by atoms with Gasteiger partial charge in [0.2, 0.25) is 5.91 Å². The van der Waals surface area contributed by atoms with Crippen molar-refractivity contribution in [1.29, 1.82) is 0 Å². The topological polar surface area (TPSA) is 20.3 Å². The number of fused-ring (bicyclic) bond motifs is 1. The van der Waals surface area contributed by atoms with Crippen LogP contribution in [0.25, 0.3) is 0 Å². The van der Waals surface area contributed by atoms with E-state index in [1.165, 1.54) is 31.3 Å². The fourth-order valence-corrected chi connectivity index (χ4v) is 2.91. The van der Waals surface area contributed by atoms with E-state index in [-0.39, 0.29) is 0 Å². The minimum Gasteiger partial charge on any atom is -0.339 e. The first-order chi connectivity index (χ1) is 7.77. The van der Waals surface area contributed by atoms with Crippen LogP contribution in [0.3, 0.4) is 0 Å². The van der Waals surface area contributed by atoms with Gasteiger partial charge in [-0.2, -0.15) is 0 Å². The van der Waals surface area contributed by atoms with Gasteiger partial charge < -0.3 is 4.90 Å². The molecule has 90 valence electrons. The number of amides is 1. The highest BCUT2D eigenvalue weighted by Crippen LogP contribution is 2.25. The normalized spacial score (nSPS) is 31.6. The van der Waals surface area contributed by atoms with Crippen LogP contribution in [0.4, 0.5) is 0 Å². The lowest BCUT2D eigenvalue weighted by molar-refractivity contribution is -0.135. The summed E-state index contributed by atoms with van der Waals surface area (Å²) in [5.41, 5.74) is 1.48. The highest BCUT2D eigenvalue weighted by atomic mass is 16.2. The highest BCUT2D eigenvalue weighted by Gasteiger charge is 2.26. The Labute approximate surface area is 98.7 Å². The third-order valence-electron chi connectivity index (χ3n) is 3.84. The zero-order chi connectivity index (χ0) is 11.4. The molecule has 2 aliphatic rings. The zero-order valence-corrected chi connectivity index (χ0v) is 10.4. The molecule has 16 heavy (non-hydrogen) atoms. The van der Waals surface area contributed by atoms with Crippen LogP contribution >= 0.6 is 0 Å². The number of rotatable bonds is 0. The van der Waals surface area contributed by atoms with E-state index in [4.69, 9.17) is 0 Å². The van der Waals surface area contributed by atoms with Crippen LogP contribution in [0.5, 0.6) is 0 Å². The average Bonchev–Trinajstić information content (AvgIpc) is 2.28. The van der Waals surface area contributed by atoms with E-state index in [9.17, 15) is 4.79 Å². The van der Waals surface area contributed by atoms with Crippen molar-refractivity contribution in [1.82, 2.24) is 4.90 Å². The Bertz CT molecular complexity index is 282. The Morgan fingerprint density at radius 1 is 1.25 bits per heavy atom. The Morgan fingerprint density at radius 3 is 3.00 bits per heavy atom. The van der Waals surface area contributed by atoms with Crippen LogP contribution < -0.4 is 0 Å². The van der Waals surface area contributed by atoms with Crippen LogP contribution in [0.1, 0.15) is 58.3 Å². The second kappa shape index (κ2) is 5.51. The lowest BCUT2D eigenvalue weighted by atomic mass is 9.94. The van der Waals surface area contributed by atoms with E-state index in [0.29, 0.717) is 11.9 Å². The lowest BCUT2D eigenvalue weighted by Crippen LogP contribution is -2.43. The van der Waals surface area contributed by atoms with E-state index in [2.05, 4.69) is 17.9 Å². The molecule has 2 heterocycles. The van der Waals surface area contributed by atoms with Crippen molar-refractivity contribution in [2.75, 3.05) is 6.54 Å². The van der Waals surface area contributed by atoms with Gasteiger partial charge in [-0.1, -0.05) is 11.6 Å². The van der Waals surface area contributed by atoms with Gasteiger partial charge in [-0.05, 0) is 51.9 Å². The SMILES string of the molecule is C/C1=C\CCCCC(=O)N2CCCCC2C1. The molecule has 0 radical (unpaired) electrons. The third kappa shape index (κ3) is 2.87. The molecule has 1 unspecified atom stereocenters. The predicted molar refractivity (Wildman–Crippen MR) is 66.2 cm³/mol. The smallest absolute Gasteiger partial charge is 0.222 e. The van der Waals surface area contributed by atoms with Gasteiger partial charge in [-0.15, -0.1) is 0 Å². The molecular formula is C14H23NO. The molecule has 1 atom stereocenters. The standard InChI is InChI=1S/C14H23NO/c1-12-7-3-2-4-9-14(16)15-10-6-5-8-13(15)11-12/h7,13H,2-6,8-11H2,1H3/b12-7+. The summed E-state index contributed by atoms with van der Waals surface area (Å²) in [7, 11) is 0. The fourth-order valence-electron chi connectivity index (χ4n) is 2.91. The first-order valence-electron chi connectivity index (χ1n) is 6.72. The molecule has 1 saturated heterocycles. The molecule has 0 aromatic rings. The van der Waals surface area contributed by atoms with Crippen molar-refractivity contribution in [3.63, 3.8) is 0 Å². The van der Waals surface area contributed by atoms with Crippen molar-refractivity contribution < 1.29 is 4.79 Å². The number of carbonyl (C=O) groups excluding carboxylic acids is 1. The van der Waals surface area contributed by atoms with Gasteiger partial charge in [0.1, 0.15) is 0 Å². The van der Waals surface area contributed by atoms with Crippen LogP contribution in [-0.4, -0.2) is 23.4 Å². The van der Waals surface area contributed by atoms with Crippen LogP contribution in [0.15, 0.2) is 11.6 Å². The highest BCUT2D eigenvalue weighted by molar-refractivity contribution is 5.76. The molecule has 0 bridgehead atoms. The maximum Gasteiger partial charge on any atom is 0.222 e. The molecule has 2 heteroatoms. The average molecular weight is 221 g/mol. The number of hydrogen-bond donors (Lipinski definition) is 0. The first-order valence-corrected chi connectivity index (χ1v) is 6.72. The summed E-state index contributed by atoms with van der Waals surface area (Å²) < 4.78 is 0. The monoisotopic (exact) mass is 221 g/mol. The molecule has 2 rings (SSSR count). The molecule has 0 saturated carbocycles. The second-order valence-electron chi connectivity index (χ2n) is 5.24.